The fourth-order valence-corrected chi connectivity index (χ4v) is 2.22. The Hall–Kier alpha value is -1.19. The molecule has 0 atom stereocenters. The summed E-state index contributed by atoms with van der Waals surface area (Å²) in [6, 6.07) is 12.7. The van der Waals surface area contributed by atoms with Gasteiger partial charge in [0, 0.05) is 10.6 Å². The van der Waals surface area contributed by atoms with Gasteiger partial charge in [0.2, 0.25) is 0 Å². The second-order valence-corrected chi connectivity index (χ2v) is 4.67. The first-order valence-electron chi connectivity index (χ1n) is 4.77. The molecule has 2 rings (SSSR count). The maximum absolute atomic E-state index is 9.14. The standard InChI is InChI=1S/C12H10ClNOS/c13-12-3-1-2-9(14-12)8-16-11-6-4-10(15)5-7-11/h1-7,15H,8H2. The highest BCUT2D eigenvalue weighted by molar-refractivity contribution is 7.98. The largest absolute Gasteiger partial charge is 0.508 e. The minimum absolute atomic E-state index is 0.283. The van der Waals surface area contributed by atoms with E-state index in [0.717, 1.165) is 16.3 Å². The Balaban J connectivity index is 1.99. The Kier molecular flexibility index (Phi) is 3.70. The molecule has 1 aromatic heterocycles. The highest BCUT2D eigenvalue weighted by Gasteiger charge is 1.98. The van der Waals surface area contributed by atoms with E-state index in [-0.39, 0.29) is 5.75 Å². The van der Waals surface area contributed by atoms with Crippen LogP contribution in [0.15, 0.2) is 47.4 Å². The summed E-state index contributed by atoms with van der Waals surface area (Å²) < 4.78 is 0. The average Bonchev–Trinajstić information content (AvgIpc) is 2.28. The molecular formula is C12H10ClNOS. The summed E-state index contributed by atoms with van der Waals surface area (Å²) in [6.45, 7) is 0. The number of halogens is 1. The van der Waals surface area contributed by atoms with Gasteiger partial charge in [-0.05, 0) is 36.4 Å². The smallest absolute Gasteiger partial charge is 0.129 e. The zero-order chi connectivity index (χ0) is 11.4. The van der Waals surface area contributed by atoms with E-state index >= 15 is 0 Å². The molecule has 0 spiro atoms. The molecule has 82 valence electrons. The van der Waals surface area contributed by atoms with E-state index in [2.05, 4.69) is 4.98 Å². The van der Waals surface area contributed by atoms with E-state index in [9.17, 15) is 0 Å². The number of hydrogen-bond acceptors (Lipinski definition) is 3. The summed E-state index contributed by atoms with van der Waals surface area (Å²) in [5.41, 5.74) is 0.950. The van der Waals surface area contributed by atoms with Crippen LogP contribution in [0.3, 0.4) is 0 Å². The number of pyridine rings is 1. The second-order valence-electron chi connectivity index (χ2n) is 3.23. The first kappa shape index (κ1) is 11.3. The maximum atomic E-state index is 9.14. The molecular weight excluding hydrogens is 242 g/mol. The lowest BCUT2D eigenvalue weighted by molar-refractivity contribution is 0.475. The topological polar surface area (TPSA) is 33.1 Å². The minimum atomic E-state index is 0.283. The third kappa shape index (κ3) is 3.15. The summed E-state index contributed by atoms with van der Waals surface area (Å²) in [5, 5.41) is 9.66. The number of aromatic hydroxyl groups is 1. The Labute approximate surface area is 103 Å². The molecule has 1 aromatic carbocycles. The molecule has 16 heavy (non-hydrogen) atoms. The molecule has 1 heterocycles. The van der Waals surface area contributed by atoms with Gasteiger partial charge >= 0.3 is 0 Å². The maximum Gasteiger partial charge on any atom is 0.129 e. The lowest BCUT2D eigenvalue weighted by Gasteiger charge is -2.01. The number of nitrogens with zero attached hydrogens (tertiary/aromatic N) is 1. The predicted molar refractivity (Wildman–Crippen MR) is 66.9 cm³/mol. The lowest BCUT2D eigenvalue weighted by Crippen LogP contribution is -1.86. The van der Waals surface area contributed by atoms with Gasteiger partial charge in [-0.2, -0.15) is 0 Å². The Morgan fingerprint density at radius 1 is 1.12 bits per heavy atom. The van der Waals surface area contributed by atoms with Crippen LogP contribution in [0.2, 0.25) is 5.15 Å². The van der Waals surface area contributed by atoms with Gasteiger partial charge in [0.15, 0.2) is 0 Å². The Morgan fingerprint density at radius 3 is 2.56 bits per heavy atom. The van der Waals surface area contributed by atoms with Crippen molar-refractivity contribution in [3.05, 3.63) is 53.3 Å². The first-order chi connectivity index (χ1) is 7.74. The zero-order valence-electron chi connectivity index (χ0n) is 8.43. The van der Waals surface area contributed by atoms with Crippen LogP contribution in [0, 0.1) is 0 Å². The van der Waals surface area contributed by atoms with Crippen molar-refractivity contribution in [1.82, 2.24) is 4.98 Å². The van der Waals surface area contributed by atoms with Crippen molar-refractivity contribution >= 4 is 23.4 Å². The van der Waals surface area contributed by atoms with Crippen molar-refractivity contribution in [1.29, 1.82) is 0 Å². The average molecular weight is 252 g/mol. The van der Waals surface area contributed by atoms with E-state index in [1.54, 1.807) is 30.0 Å². The predicted octanol–water partition coefficient (Wildman–Crippen LogP) is 3.73. The van der Waals surface area contributed by atoms with E-state index in [1.165, 1.54) is 0 Å². The molecule has 1 N–H and O–H groups in total. The Morgan fingerprint density at radius 2 is 1.88 bits per heavy atom. The van der Waals surface area contributed by atoms with Crippen LogP contribution in [-0.4, -0.2) is 10.1 Å². The Bertz CT molecular complexity index is 473. The molecule has 0 amide bonds. The molecule has 4 heteroatoms. The van der Waals surface area contributed by atoms with E-state index in [4.69, 9.17) is 16.7 Å². The van der Waals surface area contributed by atoms with Crippen molar-refractivity contribution in [2.45, 2.75) is 10.6 Å². The van der Waals surface area contributed by atoms with E-state index < -0.39 is 0 Å². The zero-order valence-corrected chi connectivity index (χ0v) is 10.0. The molecule has 0 aliphatic heterocycles. The molecule has 0 saturated carbocycles. The minimum Gasteiger partial charge on any atom is -0.508 e. The van der Waals surface area contributed by atoms with Crippen molar-refractivity contribution in [3.8, 4) is 5.75 Å². The molecule has 0 radical (unpaired) electrons. The van der Waals surface area contributed by atoms with Gasteiger partial charge in [-0.3, -0.25) is 0 Å². The van der Waals surface area contributed by atoms with Crippen molar-refractivity contribution in [3.63, 3.8) is 0 Å². The van der Waals surface area contributed by atoms with Crippen LogP contribution in [0.4, 0.5) is 0 Å². The second kappa shape index (κ2) is 5.23. The molecule has 0 aliphatic rings. The number of phenols is 1. The molecule has 0 aliphatic carbocycles. The number of aromatic nitrogens is 1. The fraction of sp³-hybridized carbons (Fsp3) is 0.0833. The van der Waals surface area contributed by atoms with Crippen LogP contribution in [0.1, 0.15) is 5.69 Å². The van der Waals surface area contributed by atoms with Crippen molar-refractivity contribution in [2.75, 3.05) is 0 Å². The number of hydrogen-bond donors (Lipinski definition) is 1. The monoisotopic (exact) mass is 251 g/mol. The van der Waals surface area contributed by atoms with Gasteiger partial charge in [0.05, 0.1) is 5.69 Å². The summed E-state index contributed by atoms with van der Waals surface area (Å²) in [5.74, 6) is 1.05. The first-order valence-corrected chi connectivity index (χ1v) is 6.14. The SMILES string of the molecule is Oc1ccc(SCc2cccc(Cl)n2)cc1. The molecule has 0 saturated heterocycles. The lowest BCUT2D eigenvalue weighted by atomic mass is 10.3. The van der Waals surface area contributed by atoms with Gasteiger partial charge in [0.1, 0.15) is 10.9 Å². The number of rotatable bonds is 3. The van der Waals surface area contributed by atoms with Crippen LogP contribution in [-0.2, 0) is 5.75 Å². The van der Waals surface area contributed by atoms with Crippen molar-refractivity contribution in [2.24, 2.45) is 0 Å². The highest BCUT2D eigenvalue weighted by atomic mass is 35.5. The highest BCUT2D eigenvalue weighted by Crippen LogP contribution is 2.24. The van der Waals surface area contributed by atoms with Crippen LogP contribution in [0.25, 0.3) is 0 Å². The quantitative estimate of drug-likeness (QED) is 0.667. The summed E-state index contributed by atoms with van der Waals surface area (Å²) in [7, 11) is 0. The number of thioether (sulfide) groups is 1. The summed E-state index contributed by atoms with van der Waals surface area (Å²) in [6.07, 6.45) is 0. The molecule has 2 aromatic rings. The normalized spacial score (nSPS) is 10.3. The summed E-state index contributed by atoms with van der Waals surface area (Å²) >= 11 is 7.45. The van der Waals surface area contributed by atoms with E-state index in [0.29, 0.717) is 5.15 Å². The van der Waals surface area contributed by atoms with Gasteiger partial charge in [-0.1, -0.05) is 17.7 Å². The van der Waals surface area contributed by atoms with Crippen LogP contribution >= 0.6 is 23.4 Å². The number of phenolic OH excluding ortho intramolecular Hbond substituents is 1. The van der Waals surface area contributed by atoms with Gasteiger partial charge in [0.25, 0.3) is 0 Å². The van der Waals surface area contributed by atoms with Crippen molar-refractivity contribution < 1.29 is 5.11 Å². The van der Waals surface area contributed by atoms with Gasteiger partial charge < -0.3 is 5.11 Å². The molecule has 0 bridgehead atoms. The molecule has 0 unspecified atom stereocenters. The van der Waals surface area contributed by atoms with Crippen LogP contribution in [0.5, 0.6) is 5.75 Å². The molecule has 0 fully saturated rings. The third-order valence-electron chi connectivity index (χ3n) is 2.00. The fourth-order valence-electron chi connectivity index (χ4n) is 1.23. The van der Waals surface area contributed by atoms with Gasteiger partial charge in [-0.15, -0.1) is 11.8 Å². The molecule has 2 nitrogen and oxygen atoms in total. The van der Waals surface area contributed by atoms with E-state index in [1.807, 2.05) is 24.3 Å². The van der Waals surface area contributed by atoms with Crippen LogP contribution < -0.4 is 0 Å². The van der Waals surface area contributed by atoms with Gasteiger partial charge in [-0.25, -0.2) is 4.98 Å². The number of benzene rings is 1. The summed E-state index contributed by atoms with van der Waals surface area (Å²) in [4.78, 5) is 5.30. The third-order valence-corrected chi connectivity index (χ3v) is 3.25.